The molecule has 0 N–H and O–H groups in total. The van der Waals surface area contributed by atoms with Crippen LogP contribution in [-0.2, 0) is 6.54 Å². The van der Waals surface area contributed by atoms with Crippen molar-refractivity contribution in [3.8, 4) is 5.75 Å². The largest absolute Gasteiger partial charge is 0.494 e. The number of hydrogen-bond acceptors (Lipinski definition) is 3. The fourth-order valence-electron chi connectivity index (χ4n) is 4.82. The van der Waals surface area contributed by atoms with Gasteiger partial charge in [0.25, 0.3) is 5.91 Å². The van der Waals surface area contributed by atoms with Crippen LogP contribution in [0.1, 0.15) is 48.5 Å². The zero-order valence-electron chi connectivity index (χ0n) is 17.8. The Bertz CT molecular complexity index is 850. The maximum Gasteiger partial charge on any atom is 0.253 e. The first kappa shape index (κ1) is 20.9. The van der Waals surface area contributed by atoms with E-state index >= 15 is 0 Å². The van der Waals surface area contributed by atoms with Crippen molar-refractivity contribution in [2.45, 2.75) is 39.2 Å². The maximum atomic E-state index is 13.1. The molecule has 2 aliphatic heterocycles. The molecule has 0 unspecified atom stereocenters. The summed E-state index contributed by atoms with van der Waals surface area (Å²) in [6.07, 6.45) is 4.48. The highest BCUT2D eigenvalue weighted by Gasteiger charge is 2.38. The fourth-order valence-corrected chi connectivity index (χ4v) is 4.82. The van der Waals surface area contributed by atoms with E-state index < -0.39 is 0 Å². The van der Waals surface area contributed by atoms with Crippen LogP contribution in [0.25, 0.3) is 0 Å². The molecule has 0 saturated carbocycles. The molecule has 2 fully saturated rings. The van der Waals surface area contributed by atoms with E-state index in [1.54, 1.807) is 12.1 Å². The average Bonchev–Trinajstić information content (AvgIpc) is 2.78. The summed E-state index contributed by atoms with van der Waals surface area (Å²) in [6.45, 7) is 7.41. The summed E-state index contributed by atoms with van der Waals surface area (Å²) in [4.78, 5) is 17.2. The van der Waals surface area contributed by atoms with Crippen LogP contribution in [0.4, 0.5) is 4.39 Å². The minimum Gasteiger partial charge on any atom is -0.494 e. The average molecular weight is 411 g/mol. The minimum atomic E-state index is -0.306. The van der Waals surface area contributed by atoms with Gasteiger partial charge in [0.2, 0.25) is 0 Å². The van der Waals surface area contributed by atoms with Crippen molar-refractivity contribution in [1.29, 1.82) is 0 Å². The molecule has 2 aromatic rings. The third kappa shape index (κ3) is 4.67. The Morgan fingerprint density at radius 3 is 2.27 bits per heavy atom. The number of likely N-dealkylation sites (tertiary alicyclic amines) is 2. The molecular weight excluding hydrogens is 379 g/mol. The van der Waals surface area contributed by atoms with Crippen molar-refractivity contribution in [2.75, 3.05) is 32.8 Å². The molecule has 0 atom stereocenters. The Balaban J connectivity index is 1.29. The van der Waals surface area contributed by atoms with E-state index in [4.69, 9.17) is 4.74 Å². The second-order valence-corrected chi connectivity index (χ2v) is 8.62. The summed E-state index contributed by atoms with van der Waals surface area (Å²) >= 11 is 0. The van der Waals surface area contributed by atoms with Crippen LogP contribution >= 0.6 is 0 Å². The predicted molar refractivity (Wildman–Crippen MR) is 116 cm³/mol. The summed E-state index contributed by atoms with van der Waals surface area (Å²) in [6, 6.07) is 14.2. The van der Waals surface area contributed by atoms with Gasteiger partial charge in [-0.25, -0.2) is 4.39 Å². The van der Waals surface area contributed by atoms with Gasteiger partial charge in [-0.2, -0.15) is 0 Å². The maximum absolute atomic E-state index is 13.1. The van der Waals surface area contributed by atoms with E-state index in [2.05, 4.69) is 23.1 Å². The zero-order valence-corrected chi connectivity index (χ0v) is 17.8. The monoisotopic (exact) mass is 410 g/mol. The first-order valence-corrected chi connectivity index (χ1v) is 11.1. The molecule has 0 radical (unpaired) electrons. The standard InChI is InChI=1S/C25H31FN2O2/c1-2-30-23-6-4-3-5-21(23)19-27-15-11-25(12-16-27)13-17-28(18-14-25)24(29)20-7-9-22(26)10-8-20/h3-10H,2,11-19H2,1H3. The van der Waals surface area contributed by atoms with Crippen LogP contribution < -0.4 is 4.74 Å². The lowest BCUT2D eigenvalue weighted by molar-refractivity contribution is 0.0283. The number of halogens is 1. The smallest absolute Gasteiger partial charge is 0.253 e. The van der Waals surface area contributed by atoms with Crippen molar-refractivity contribution >= 4 is 5.91 Å². The predicted octanol–water partition coefficient (Wildman–Crippen LogP) is 4.74. The topological polar surface area (TPSA) is 32.8 Å². The second kappa shape index (κ2) is 9.17. The molecule has 4 rings (SSSR count). The number of rotatable bonds is 5. The highest BCUT2D eigenvalue weighted by atomic mass is 19.1. The molecule has 2 aromatic carbocycles. The van der Waals surface area contributed by atoms with Gasteiger partial charge in [-0.15, -0.1) is 0 Å². The fraction of sp³-hybridized carbons (Fsp3) is 0.480. The van der Waals surface area contributed by atoms with Gasteiger partial charge >= 0.3 is 0 Å². The first-order valence-electron chi connectivity index (χ1n) is 11.1. The van der Waals surface area contributed by atoms with E-state index in [1.807, 2.05) is 17.9 Å². The summed E-state index contributed by atoms with van der Waals surface area (Å²) in [5.41, 5.74) is 2.19. The van der Waals surface area contributed by atoms with Gasteiger partial charge in [0.05, 0.1) is 6.61 Å². The normalized spacial score (nSPS) is 19.1. The molecule has 4 nitrogen and oxygen atoms in total. The molecule has 0 bridgehead atoms. The molecule has 1 spiro atoms. The van der Waals surface area contributed by atoms with Crippen LogP contribution in [-0.4, -0.2) is 48.5 Å². The van der Waals surface area contributed by atoms with Crippen molar-refractivity contribution in [3.05, 3.63) is 65.5 Å². The van der Waals surface area contributed by atoms with Gasteiger partial charge in [-0.05, 0) is 81.4 Å². The quantitative estimate of drug-likeness (QED) is 0.714. The molecule has 2 saturated heterocycles. The van der Waals surface area contributed by atoms with Gasteiger partial charge < -0.3 is 9.64 Å². The highest BCUT2D eigenvalue weighted by Crippen LogP contribution is 2.42. The third-order valence-electron chi connectivity index (χ3n) is 6.79. The number of carbonyl (C=O) groups excluding carboxylic acids is 1. The lowest BCUT2D eigenvalue weighted by Gasteiger charge is -2.47. The molecule has 160 valence electrons. The van der Waals surface area contributed by atoms with Gasteiger partial charge in [0.15, 0.2) is 0 Å². The SMILES string of the molecule is CCOc1ccccc1CN1CCC2(CC1)CCN(C(=O)c1ccc(F)cc1)CC2. The minimum absolute atomic E-state index is 0.0230. The number of nitrogens with zero attached hydrogens (tertiary/aromatic N) is 2. The Morgan fingerprint density at radius 1 is 0.967 bits per heavy atom. The summed E-state index contributed by atoms with van der Waals surface area (Å²) in [5, 5.41) is 0. The molecule has 1 amide bonds. The lowest BCUT2D eigenvalue weighted by Crippen LogP contribution is -2.48. The van der Waals surface area contributed by atoms with Gasteiger partial charge in [-0.1, -0.05) is 18.2 Å². The lowest BCUT2D eigenvalue weighted by atomic mass is 9.71. The Kier molecular flexibility index (Phi) is 6.38. The van der Waals surface area contributed by atoms with Crippen LogP contribution in [0, 0.1) is 11.2 Å². The van der Waals surface area contributed by atoms with Crippen LogP contribution in [0.15, 0.2) is 48.5 Å². The number of amides is 1. The molecule has 30 heavy (non-hydrogen) atoms. The molecule has 0 aromatic heterocycles. The van der Waals surface area contributed by atoms with Crippen LogP contribution in [0.3, 0.4) is 0 Å². The molecule has 5 heteroatoms. The third-order valence-corrected chi connectivity index (χ3v) is 6.79. The Morgan fingerprint density at radius 2 is 1.60 bits per heavy atom. The van der Waals surface area contributed by atoms with E-state index in [9.17, 15) is 9.18 Å². The van der Waals surface area contributed by atoms with Crippen LogP contribution in [0.5, 0.6) is 5.75 Å². The number of carbonyl (C=O) groups is 1. The Labute approximate surface area is 178 Å². The Hall–Kier alpha value is -2.40. The van der Waals surface area contributed by atoms with E-state index in [1.165, 1.54) is 30.5 Å². The van der Waals surface area contributed by atoms with E-state index in [0.29, 0.717) is 17.6 Å². The van der Waals surface area contributed by atoms with E-state index in [0.717, 1.165) is 51.3 Å². The molecular formula is C25H31FN2O2. The molecule has 2 heterocycles. The summed E-state index contributed by atoms with van der Waals surface area (Å²) in [7, 11) is 0. The number of piperidine rings is 2. The number of hydrogen-bond donors (Lipinski definition) is 0. The summed E-state index contributed by atoms with van der Waals surface area (Å²) < 4.78 is 18.9. The zero-order chi connectivity index (χ0) is 21.0. The van der Waals surface area contributed by atoms with Crippen molar-refractivity contribution < 1.29 is 13.9 Å². The number of ether oxygens (including phenoxy) is 1. The van der Waals surface area contributed by atoms with Gasteiger partial charge in [0, 0.05) is 30.8 Å². The summed E-state index contributed by atoms with van der Waals surface area (Å²) in [5.74, 6) is 0.711. The van der Waals surface area contributed by atoms with Gasteiger partial charge in [0.1, 0.15) is 11.6 Å². The second-order valence-electron chi connectivity index (χ2n) is 8.62. The van der Waals surface area contributed by atoms with Gasteiger partial charge in [-0.3, -0.25) is 9.69 Å². The number of benzene rings is 2. The van der Waals surface area contributed by atoms with Crippen LogP contribution in [0.2, 0.25) is 0 Å². The number of para-hydroxylation sites is 1. The van der Waals surface area contributed by atoms with Crippen molar-refractivity contribution in [1.82, 2.24) is 9.80 Å². The van der Waals surface area contributed by atoms with Crippen molar-refractivity contribution in [3.63, 3.8) is 0 Å². The molecule has 2 aliphatic rings. The first-order chi connectivity index (χ1) is 14.6. The van der Waals surface area contributed by atoms with Crippen molar-refractivity contribution in [2.24, 2.45) is 5.41 Å². The van der Waals surface area contributed by atoms with E-state index in [-0.39, 0.29) is 11.7 Å². The highest BCUT2D eigenvalue weighted by molar-refractivity contribution is 5.94. The molecule has 0 aliphatic carbocycles.